The largest absolute Gasteiger partial charge is 0.466 e. The summed E-state index contributed by atoms with van der Waals surface area (Å²) in [5.74, 6) is -2.82. The minimum Gasteiger partial charge on any atom is -0.466 e. The van der Waals surface area contributed by atoms with Crippen LogP contribution in [0.1, 0.15) is 13.8 Å². The fraction of sp³-hybridized carbons (Fsp3) is 0.588. The van der Waals surface area contributed by atoms with Crippen LogP contribution in [0.5, 0.6) is 0 Å². The Bertz CT molecular complexity index is 670. The molecule has 2 aliphatic rings. The summed E-state index contributed by atoms with van der Waals surface area (Å²) in [5.41, 5.74) is -0.274. The topological polar surface area (TPSA) is 66.3 Å². The van der Waals surface area contributed by atoms with Crippen molar-refractivity contribution in [3.63, 3.8) is 0 Å². The third kappa shape index (κ3) is 4.15. The molecule has 0 saturated carbocycles. The Morgan fingerprint density at radius 2 is 2.19 bits per heavy atom. The highest BCUT2D eigenvalue weighted by Crippen LogP contribution is 2.43. The number of halogens is 2. The maximum Gasteiger partial charge on any atom is 0.337 e. The van der Waals surface area contributed by atoms with Gasteiger partial charge in [-0.25, -0.2) is 13.6 Å². The number of hydrogen-bond acceptors (Lipinski definition) is 7. The molecule has 0 atom stereocenters. The first-order valence-corrected chi connectivity index (χ1v) is 9.00. The Labute approximate surface area is 156 Å². The van der Waals surface area contributed by atoms with Gasteiger partial charge in [0.15, 0.2) is 5.84 Å². The summed E-state index contributed by atoms with van der Waals surface area (Å²) >= 11 is 1.29. The molecule has 0 bridgehead atoms. The molecule has 1 fully saturated rings. The molecule has 1 N–H and O–H groups in total. The van der Waals surface area contributed by atoms with Gasteiger partial charge in [0.05, 0.1) is 25.8 Å². The number of rotatable bonds is 5. The molecular weight excluding hydrogens is 362 g/mol. The molecule has 9 heteroatoms. The number of hydrogen-bond donors (Lipinski definition) is 1. The van der Waals surface area contributed by atoms with Crippen molar-refractivity contribution in [2.75, 3.05) is 40.3 Å². The molecule has 2 aliphatic heterocycles. The second-order valence-electron chi connectivity index (χ2n) is 6.79. The van der Waals surface area contributed by atoms with Crippen molar-refractivity contribution in [3.8, 4) is 0 Å². The van der Waals surface area contributed by atoms with E-state index in [1.807, 2.05) is 0 Å². The maximum atomic E-state index is 14.2. The number of esters is 1. The zero-order valence-electron chi connectivity index (χ0n) is 15.4. The van der Waals surface area contributed by atoms with Crippen LogP contribution in [-0.4, -0.2) is 68.0 Å². The van der Waals surface area contributed by atoms with E-state index < -0.39 is 17.3 Å². The van der Waals surface area contributed by atoms with Gasteiger partial charge in [0.25, 0.3) is 5.92 Å². The van der Waals surface area contributed by atoms with Crippen molar-refractivity contribution in [1.29, 1.82) is 0 Å². The molecule has 0 radical (unpaired) electrons. The third-order valence-electron chi connectivity index (χ3n) is 4.47. The van der Waals surface area contributed by atoms with Gasteiger partial charge in [0, 0.05) is 31.2 Å². The zero-order valence-corrected chi connectivity index (χ0v) is 16.3. The summed E-state index contributed by atoms with van der Waals surface area (Å²) in [7, 11) is 2.91. The van der Waals surface area contributed by atoms with Crippen molar-refractivity contribution in [1.82, 2.24) is 10.2 Å². The van der Waals surface area contributed by atoms with Crippen LogP contribution >= 0.6 is 11.8 Å². The summed E-state index contributed by atoms with van der Waals surface area (Å²) in [4.78, 5) is 22.2. The van der Waals surface area contributed by atoms with Crippen molar-refractivity contribution in [2.45, 2.75) is 19.8 Å². The van der Waals surface area contributed by atoms with Gasteiger partial charge >= 0.3 is 5.97 Å². The van der Waals surface area contributed by atoms with Crippen molar-refractivity contribution in [2.24, 2.45) is 15.4 Å². The highest BCUT2D eigenvalue weighted by molar-refractivity contribution is 8.18. The predicted octanol–water partition coefficient (Wildman–Crippen LogP) is 2.30. The number of likely N-dealkylation sites (tertiary alicyclic amines) is 1. The van der Waals surface area contributed by atoms with E-state index >= 15 is 0 Å². The standard InChI is InChI=1S/C17H24F2N4O2S/c1-6-26-14(20-4)13-21-7-11(15(24)25-5)12(22-13)8-23-9-16(2,3)17(18,19)10-23/h6H,1,7-10H2,2-5H3,(H,21,22). The van der Waals surface area contributed by atoms with E-state index in [0.717, 1.165) is 0 Å². The van der Waals surface area contributed by atoms with E-state index in [1.165, 1.54) is 18.9 Å². The molecule has 1 saturated heterocycles. The van der Waals surface area contributed by atoms with Crippen LogP contribution in [0.3, 0.4) is 0 Å². The van der Waals surface area contributed by atoms with Crippen LogP contribution in [0.25, 0.3) is 0 Å². The van der Waals surface area contributed by atoms with Gasteiger partial charge in [0.1, 0.15) is 5.04 Å². The average Bonchev–Trinajstić information content (AvgIpc) is 2.78. The van der Waals surface area contributed by atoms with Crippen LogP contribution in [0, 0.1) is 5.41 Å². The monoisotopic (exact) mass is 386 g/mol. The predicted molar refractivity (Wildman–Crippen MR) is 101 cm³/mol. The van der Waals surface area contributed by atoms with E-state index in [4.69, 9.17) is 4.74 Å². The minimum atomic E-state index is -2.79. The summed E-state index contributed by atoms with van der Waals surface area (Å²) in [6.07, 6.45) is 0. The Hall–Kier alpha value is -1.74. The van der Waals surface area contributed by atoms with Crippen LogP contribution in [-0.2, 0) is 9.53 Å². The highest BCUT2D eigenvalue weighted by atomic mass is 32.2. The fourth-order valence-electron chi connectivity index (χ4n) is 2.93. The number of ether oxygens (including phenoxy) is 1. The number of aliphatic imine (C=N–C) groups is 2. The SMILES string of the molecule is C=CSC(=NC)C1=NCC(C(=O)OC)=C(CN2CC(C)(C)C(F)(F)C2)N1. The Kier molecular flexibility index (Phi) is 6.23. The lowest BCUT2D eigenvalue weighted by molar-refractivity contribution is -0.136. The average molecular weight is 386 g/mol. The van der Waals surface area contributed by atoms with Crippen molar-refractivity contribution >= 4 is 28.6 Å². The van der Waals surface area contributed by atoms with E-state index in [9.17, 15) is 13.6 Å². The maximum absolute atomic E-state index is 14.2. The van der Waals surface area contributed by atoms with Crippen molar-refractivity contribution < 1.29 is 18.3 Å². The van der Waals surface area contributed by atoms with Gasteiger partial charge in [-0.15, -0.1) is 0 Å². The van der Waals surface area contributed by atoms with Gasteiger partial charge in [-0.3, -0.25) is 14.9 Å². The van der Waals surface area contributed by atoms with E-state index in [1.54, 1.807) is 31.2 Å². The second kappa shape index (κ2) is 7.87. The molecule has 6 nitrogen and oxygen atoms in total. The molecule has 0 amide bonds. The molecule has 2 rings (SSSR count). The number of nitrogens with zero attached hydrogens (tertiary/aromatic N) is 3. The van der Waals surface area contributed by atoms with E-state index in [-0.39, 0.29) is 26.2 Å². The number of carbonyl (C=O) groups is 1. The Balaban J connectivity index is 2.24. The van der Waals surface area contributed by atoms with Crippen LogP contribution in [0.15, 0.2) is 33.2 Å². The summed E-state index contributed by atoms with van der Waals surface area (Å²) in [6, 6.07) is 0. The minimum absolute atomic E-state index is 0.106. The number of alkyl halides is 2. The molecule has 0 aliphatic carbocycles. The van der Waals surface area contributed by atoms with Crippen molar-refractivity contribution in [3.05, 3.63) is 23.3 Å². The Morgan fingerprint density at radius 1 is 1.50 bits per heavy atom. The fourth-order valence-corrected chi connectivity index (χ4v) is 3.42. The molecule has 0 aromatic rings. The first-order chi connectivity index (χ1) is 12.1. The quantitative estimate of drug-likeness (QED) is 0.446. The van der Waals surface area contributed by atoms with Crippen LogP contribution in [0.2, 0.25) is 0 Å². The lowest BCUT2D eigenvalue weighted by atomic mass is 9.89. The summed E-state index contributed by atoms with van der Waals surface area (Å²) in [6.45, 7) is 6.90. The highest BCUT2D eigenvalue weighted by Gasteiger charge is 2.54. The molecule has 144 valence electrons. The smallest absolute Gasteiger partial charge is 0.337 e. The van der Waals surface area contributed by atoms with Gasteiger partial charge in [0.2, 0.25) is 0 Å². The normalized spacial score (nSPS) is 22.7. The van der Waals surface area contributed by atoms with Gasteiger partial charge in [-0.05, 0) is 5.41 Å². The van der Waals surface area contributed by atoms with E-state index in [2.05, 4.69) is 21.9 Å². The van der Waals surface area contributed by atoms with E-state index in [0.29, 0.717) is 22.1 Å². The second-order valence-corrected chi connectivity index (χ2v) is 7.74. The summed E-state index contributed by atoms with van der Waals surface area (Å²) < 4.78 is 33.2. The molecule has 0 aromatic carbocycles. The summed E-state index contributed by atoms with van der Waals surface area (Å²) in [5, 5.41) is 5.30. The number of methoxy groups -OCH3 is 1. The first kappa shape index (κ1) is 20.6. The molecule has 2 heterocycles. The zero-order chi connectivity index (χ0) is 19.5. The number of amidine groups is 1. The lowest BCUT2D eigenvalue weighted by Gasteiger charge is -2.25. The van der Waals surface area contributed by atoms with Gasteiger partial charge in [-0.2, -0.15) is 0 Å². The molecule has 0 spiro atoms. The lowest BCUT2D eigenvalue weighted by Crippen LogP contribution is -2.40. The number of carbonyl (C=O) groups excluding carboxylic acids is 1. The number of nitrogens with one attached hydrogen (secondary N) is 1. The first-order valence-electron chi connectivity index (χ1n) is 8.12. The van der Waals surface area contributed by atoms with Crippen LogP contribution in [0.4, 0.5) is 8.78 Å². The third-order valence-corrected chi connectivity index (χ3v) is 5.24. The molecule has 0 unspecified atom stereocenters. The van der Waals surface area contributed by atoms with Gasteiger partial charge < -0.3 is 10.1 Å². The Morgan fingerprint density at radius 3 is 2.69 bits per heavy atom. The number of thioether (sulfide) groups is 1. The molecular formula is C17H24F2N4O2S. The van der Waals surface area contributed by atoms with Crippen LogP contribution < -0.4 is 5.32 Å². The molecule has 0 aromatic heterocycles. The molecule has 26 heavy (non-hydrogen) atoms. The van der Waals surface area contributed by atoms with Gasteiger partial charge in [-0.1, -0.05) is 32.2 Å².